The first kappa shape index (κ1) is 27.2. The van der Waals surface area contributed by atoms with Gasteiger partial charge in [-0.25, -0.2) is 9.97 Å². The van der Waals surface area contributed by atoms with Gasteiger partial charge in [0.15, 0.2) is 11.5 Å². The summed E-state index contributed by atoms with van der Waals surface area (Å²) in [5, 5.41) is 16.0. The lowest BCUT2D eigenvalue weighted by atomic mass is 9.88. The Hall–Kier alpha value is -3.39. The average molecular weight is 704 g/mol. The van der Waals surface area contributed by atoms with Crippen molar-refractivity contribution in [1.82, 2.24) is 14.6 Å². The van der Waals surface area contributed by atoms with Crippen molar-refractivity contribution >= 4 is 61.3 Å². The predicted molar refractivity (Wildman–Crippen MR) is 159 cm³/mol. The molecule has 1 aliphatic carbocycles. The molecule has 1 fully saturated rings. The van der Waals surface area contributed by atoms with Crippen molar-refractivity contribution in [1.29, 1.82) is 0 Å². The molecule has 0 bridgehead atoms. The molecule has 0 atom stereocenters. The van der Waals surface area contributed by atoms with Gasteiger partial charge in [-0.15, -0.1) is 0 Å². The highest BCUT2D eigenvalue weighted by molar-refractivity contribution is 14.1. The fourth-order valence-electron chi connectivity index (χ4n) is 4.59. The number of methoxy groups -OCH3 is 1. The second kappa shape index (κ2) is 11.8. The minimum atomic E-state index is -0.524. The molecule has 4 aromatic rings. The van der Waals surface area contributed by atoms with Crippen molar-refractivity contribution in [2.75, 3.05) is 7.11 Å². The van der Waals surface area contributed by atoms with E-state index >= 15 is 0 Å². The Kier molecular flexibility index (Phi) is 8.21. The van der Waals surface area contributed by atoms with Crippen LogP contribution >= 0.6 is 38.5 Å². The second-order valence-corrected chi connectivity index (χ2v) is 11.2. The highest BCUT2D eigenvalue weighted by Gasteiger charge is 2.23. The van der Waals surface area contributed by atoms with Crippen LogP contribution in [0.4, 0.5) is 5.69 Å². The van der Waals surface area contributed by atoms with Crippen LogP contribution in [0.5, 0.6) is 17.4 Å². The number of halogens is 2. The first-order valence-electron chi connectivity index (χ1n) is 12.3. The van der Waals surface area contributed by atoms with Crippen molar-refractivity contribution in [3.8, 4) is 17.4 Å². The maximum absolute atomic E-state index is 13.6. The van der Waals surface area contributed by atoms with Crippen molar-refractivity contribution in [3.63, 3.8) is 0 Å². The van der Waals surface area contributed by atoms with Gasteiger partial charge in [-0.05, 0) is 71.3 Å². The van der Waals surface area contributed by atoms with E-state index in [-0.39, 0.29) is 23.0 Å². The van der Waals surface area contributed by atoms with Crippen LogP contribution in [0, 0.1) is 13.7 Å². The Morgan fingerprint density at radius 2 is 1.97 bits per heavy atom. The van der Waals surface area contributed by atoms with Gasteiger partial charge < -0.3 is 9.47 Å². The van der Waals surface area contributed by atoms with E-state index in [0.29, 0.717) is 37.4 Å². The zero-order valence-corrected chi connectivity index (χ0v) is 24.6. The monoisotopic (exact) mass is 703 g/mol. The van der Waals surface area contributed by atoms with Gasteiger partial charge >= 0.3 is 0 Å². The number of fused-ring (bicyclic) bond motifs is 1. The molecule has 12 heteroatoms. The SMILES string of the molecule is COc1cc(C=Nn2c(C3CCCCC3)nc3ccc(Br)cc3c2=O)cc(I)c1Oc1ccc([N+](=O)[O-])cn1. The van der Waals surface area contributed by atoms with E-state index in [1.165, 1.54) is 30.3 Å². The van der Waals surface area contributed by atoms with E-state index in [1.54, 1.807) is 18.3 Å². The maximum atomic E-state index is 13.6. The lowest BCUT2D eigenvalue weighted by Gasteiger charge is -2.22. The molecular weight excluding hydrogens is 681 g/mol. The number of ether oxygens (including phenoxy) is 2. The smallest absolute Gasteiger partial charge is 0.287 e. The number of rotatable bonds is 7. The predicted octanol–water partition coefficient (Wildman–Crippen LogP) is 6.80. The number of nitro groups is 1. The molecule has 2 heterocycles. The molecule has 5 rings (SSSR count). The lowest BCUT2D eigenvalue weighted by molar-refractivity contribution is -0.385. The Balaban J connectivity index is 1.51. The number of benzene rings is 2. The van der Waals surface area contributed by atoms with Gasteiger partial charge in [-0.3, -0.25) is 14.9 Å². The Labute approximate surface area is 245 Å². The summed E-state index contributed by atoms with van der Waals surface area (Å²) in [6.45, 7) is 0. The fourth-order valence-corrected chi connectivity index (χ4v) is 5.68. The molecule has 10 nitrogen and oxygen atoms in total. The highest BCUT2D eigenvalue weighted by atomic mass is 127. The molecule has 1 saturated carbocycles. The van der Waals surface area contributed by atoms with Gasteiger partial charge in [0, 0.05) is 22.5 Å². The van der Waals surface area contributed by atoms with Gasteiger partial charge in [0.2, 0.25) is 5.88 Å². The van der Waals surface area contributed by atoms with Crippen LogP contribution < -0.4 is 15.0 Å². The van der Waals surface area contributed by atoms with E-state index in [4.69, 9.17) is 14.5 Å². The molecule has 0 amide bonds. The number of nitrogens with zero attached hydrogens (tertiary/aromatic N) is 5. The molecule has 0 radical (unpaired) electrons. The molecule has 39 heavy (non-hydrogen) atoms. The summed E-state index contributed by atoms with van der Waals surface area (Å²) >= 11 is 5.56. The van der Waals surface area contributed by atoms with Gasteiger partial charge in [0.05, 0.1) is 32.7 Å². The molecule has 2 aromatic heterocycles. The molecule has 0 unspecified atom stereocenters. The molecule has 0 aliphatic heterocycles. The first-order valence-corrected chi connectivity index (χ1v) is 14.1. The summed E-state index contributed by atoms with van der Waals surface area (Å²) in [6, 6.07) is 11.8. The lowest BCUT2D eigenvalue weighted by Crippen LogP contribution is -2.25. The standard InChI is InChI=1S/C27H23BrIN5O5/c1-38-23-12-16(11-21(29)25(23)39-24-10-8-19(15-30-24)34(36)37)14-31-33-26(17-5-3-2-4-6-17)32-22-9-7-18(28)13-20(22)27(33)35/h7-15,17H,2-6H2,1H3. The summed E-state index contributed by atoms with van der Waals surface area (Å²) in [5.41, 5.74) is 1.00. The average Bonchev–Trinajstić information content (AvgIpc) is 2.94. The zero-order valence-electron chi connectivity index (χ0n) is 20.8. The minimum absolute atomic E-state index is 0.131. The first-order chi connectivity index (χ1) is 18.8. The van der Waals surface area contributed by atoms with Gasteiger partial charge in [0.1, 0.15) is 12.0 Å². The van der Waals surface area contributed by atoms with Crippen LogP contribution in [0.2, 0.25) is 0 Å². The molecule has 2 aromatic carbocycles. The zero-order chi connectivity index (χ0) is 27.5. The second-order valence-electron chi connectivity index (χ2n) is 9.08. The van der Waals surface area contributed by atoms with Crippen molar-refractivity contribution in [2.24, 2.45) is 5.10 Å². The normalized spacial score (nSPS) is 14.1. The molecule has 1 aliphatic rings. The summed E-state index contributed by atoms with van der Waals surface area (Å²) in [7, 11) is 1.51. The fraction of sp³-hybridized carbons (Fsp3) is 0.259. The number of hydrogen-bond donors (Lipinski definition) is 0. The van der Waals surface area contributed by atoms with Crippen molar-refractivity contribution < 1.29 is 14.4 Å². The summed E-state index contributed by atoms with van der Waals surface area (Å²) in [4.78, 5) is 32.8. The van der Waals surface area contributed by atoms with Gasteiger partial charge in [0.25, 0.3) is 11.2 Å². The topological polar surface area (TPSA) is 122 Å². The minimum Gasteiger partial charge on any atom is -0.493 e. The van der Waals surface area contributed by atoms with Gasteiger partial charge in [-0.2, -0.15) is 9.78 Å². The Morgan fingerprint density at radius 1 is 1.18 bits per heavy atom. The molecule has 0 saturated heterocycles. The van der Waals surface area contributed by atoms with E-state index in [0.717, 1.165) is 36.4 Å². The number of pyridine rings is 1. The third-order valence-corrected chi connectivity index (χ3v) is 7.81. The quantitative estimate of drug-likeness (QED) is 0.0899. The summed E-state index contributed by atoms with van der Waals surface area (Å²) < 4.78 is 14.4. The number of hydrogen-bond acceptors (Lipinski definition) is 8. The molecule has 200 valence electrons. The summed E-state index contributed by atoms with van der Waals surface area (Å²) in [5.74, 6) is 1.86. The Bertz CT molecular complexity index is 1630. The van der Waals surface area contributed by atoms with Crippen LogP contribution in [-0.4, -0.2) is 32.9 Å². The third kappa shape index (κ3) is 5.96. The molecule has 0 N–H and O–H groups in total. The van der Waals surface area contributed by atoms with Crippen LogP contribution in [-0.2, 0) is 0 Å². The largest absolute Gasteiger partial charge is 0.493 e. The van der Waals surface area contributed by atoms with E-state index in [1.807, 2.05) is 18.2 Å². The summed E-state index contributed by atoms with van der Waals surface area (Å²) in [6.07, 6.45) is 8.07. The van der Waals surface area contributed by atoms with E-state index in [2.05, 4.69) is 48.6 Å². The van der Waals surface area contributed by atoms with Crippen molar-refractivity contribution in [2.45, 2.75) is 38.0 Å². The Morgan fingerprint density at radius 3 is 2.67 bits per heavy atom. The van der Waals surface area contributed by atoms with Crippen LogP contribution in [0.25, 0.3) is 10.9 Å². The highest BCUT2D eigenvalue weighted by Crippen LogP contribution is 2.37. The van der Waals surface area contributed by atoms with Crippen LogP contribution in [0.15, 0.2) is 63.0 Å². The van der Waals surface area contributed by atoms with E-state index in [9.17, 15) is 14.9 Å². The van der Waals surface area contributed by atoms with Crippen LogP contribution in [0.3, 0.4) is 0 Å². The van der Waals surface area contributed by atoms with Crippen molar-refractivity contribution in [3.05, 3.63) is 88.6 Å². The molecular formula is C27H23BrIN5O5. The van der Waals surface area contributed by atoms with Crippen LogP contribution in [0.1, 0.15) is 49.4 Å². The molecule has 0 spiro atoms. The van der Waals surface area contributed by atoms with E-state index < -0.39 is 4.92 Å². The maximum Gasteiger partial charge on any atom is 0.287 e. The third-order valence-electron chi connectivity index (χ3n) is 6.52. The van der Waals surface area contributed by atoms with Gasteiger partial charge in [-0.1, -0.05) is 35.2 Å². The number of aromatic nitrogens is 3.